The van der Waals surface area contributed by atoms with E-state index < -0.39 is 10.0 Å². The monoisotopic (exact) mass is 436 g/mol. The predicted octanol–water partition coefficient (Wildman–Crippen LogP) is 2.33. The summed E-state index contributed by atoms with van der Waals surface area (Å²) >= 11 is 1.55. The van der Waals surface area contributed by atoms with Crippen LogP contribution in [0, 0.1) is 0 Å². The van der Waals surface area contributed by atoms with Gasteiger partial charge in [0, 0.05) is 24.1 Å². The summed E-state index contributed by atoms with van der Waals surface area (Å²) in [5.41, 5.74) is 0.737. The van der Waals surface area contributed by atoms with E-state index >= 15 is 0 Å². The first-order valence-corrected chi connectivity index (χ1v) is 11.7. The molecule has 9 heteroatoms. The molecule has 1 amide bonds. The van der Waals surface area contributed by atoms with Crippen molar-refractivity contribution in [1.29, 1.82) is 0 Å². The van der Waals surface area contributed by atoms with Gasteiger partial charge in [-0.3, -0.25) is 4.79 Å². The number of amides is 1. The van der Waals surface area contributed by atoms with Crippen molar-refractivity contribution in [1.82, 2.24) is 5.32 Å². The van der Waals surface area contributed by atoms with Crippen molar-refractivity contribution >= 4 is 33.3 Å². The van der Waals surface area contributed by atoms with Gasteiger partial charge in [-0.15, -0.1) is 11.3 Å². The van der Waals surface area contributed by atoms with Crippen molar-refractivity contribution in [3.63, 3.8) is 0 Å². The van der Waals surface area contributed by atoms with Crippen molar-refractivity contribution in [3.05, 3.63) is 52.2 Å². The van der Waals surface area contributed by atoms with Gasteiger partial charge >= 0.3 is 0 Å². The normalized spacial score (nSPS) is 16.9. The van der Waals surface area contributed by atoms with Crippen LogP contribution in [0.2, 0.25) is 0 Å². The number of nitrogens with two attached hydrogens (primary N) is 1. The third kappa shape index (κ3) is 6.67. The van der Waals surface area contributed by atoms with E-state index in [1.165, 1.54) is 12.1 Å². The van der Waals surface area contributed by atoms with Crippen LogP contribution in [0.3, 0.4) is 0 Å². The molecule has 1 fully saturated rings. The largest absolute Gasteiger partial charge is 0.489 e. The first kappa shape index (κ1) is 21.5. The highest BCUT2D eigenvalue weighted by Crippen LogP contribution is 2.25. The topological polar surface area (TPSA) is 108 Å². The average Bonchev–Trinajstić information content (AvgIpc) is 3.38. The molecular weight excluding hydrogens is 412 g/mol. The highest BCUT2D eigenvalue weighted by atomic mass is 32.2. The lowest BCUT2D eigenvalue weighted by molar-refractivity contribution is -0.116. The standard InChI is InChI=1S/C20H24N2O5S2/c21-29(24,25)19-13-15(5-7-18(19)27-14-16-3-1-11-26-16)9-10-22-20(23)8-6-17-4-2-12-28-17/h2,4-8,12-13,16H,1,3,9-11,14H2,(H,22,23)(H2,21,24,25). The van der Waals surface area contributed by atoms with Crippen LogP contribution < -0.4 is 15.2 Å². The molecule has 7 nitrogen and oxygen atoms in total. The van der Waals surface area contributed by atoms with Crippen LogP contribution in [0.25, 0.3) is 6.08 Å². The lowest BCUT2D eigenvalue weighted by Crippen LogP contribution is -2.23. The summed E-state index contributed by atoms with van der Waals surface area (Å²) < 4.78 is 35.1. The maximum absolute atomic E-state index is 12.0. The second-order valence-corrected chi connectivity index (χ2v) is 9.17. The highest BCUT2D eigenvalue weighted by Gasteiger charge is 2.20. The molecular formula is C20H24N2O5S2. The number of rotatable bonds is 9. The van der Waals surface area contributed by atoms with Crippen molar-refractivity contribution < 1.29 is 22.7 Å². The third-order valence-electron chi connectivity index (χ3n) is 4.42. The lowest BCUT2D eigenvalue weighted by Gasteiger charge is -2.15. The van der Waals surface area contributed by atoms with Gasteiger partial charge in [0.2, 0.25) is 15.9 Å². The fraction of sp³-hybridized carbons (Fsp3) is 0.350. The molecule has 1 aromatic heterocycles. The summed E-state index contributed by atoms with van der Waals surface area (Å²) in [7, 11) is -3.94. The second-order valence-electron chi connectivity index (χ2n) is 6.66. The molecule has 1 unspecified atom stereocenters. The number of thiophene rings is 1. The van der Waals surface area contributed by atoms with Gasteiger partial charge < -0.3 is 14.8 Å². The molecule has 2 heterocycles. The van der Waals surface area contributed by atoms with E-state index in [2.05, 4.69) is 5.32 Å². The number of sulfonamides is 1. The lowest BCUT2D eigenvalue weighted by atomic mass is 10.1. The molecule has 0 radical (unpaired) electrons. The summed E-state index contributed by atoms with van der Waals surface area (Å²) in [5.74, 6) is 0.0104. The smallest absolute Gasteiger partial charge is 0.244 e. The van der Waals surface area contributed by atoms with Crippen LogP contribution in [0.5, 0.6) is 5.75 Å². The van der Waals surface area contributed by atoms with E-state index in [0.29, 0.717) is 19.6 Å². The zero-order chi connectivity index (χ0) is 20.7. The molecule has 3 rings (SSSR count). The Hall–Kier alpha value is -2.20. The van der Waals surface area contributed by atoms with Crippen molar-refractivity contribution in [2.75, 3.05) is 19.8 Å². The number of carbonyl (C=O) groups is 1. The zero-order valence-corrected chi connectivity index (χ0v) is 17.5. The van der Waals surface area contributed by atoms with Crippen LogP contribution in [-0.2, 0) is 26.0 Å². The Morgan fingerprint density at radius 2 is 2.24 bits per heavy atom. The predicted molar refractivity (Wildman–Crippen MR) is 112 cm³/mol. The van der Waals surface area contributed by atoms with E-state index in [0.717, 1.165) is 23.3 Å². The van der Waals surface area contributed by atoms with Crippen LogP contribution >= 0.6 is 11.3 Å². The Labute approximate surface area is 174 Å². The second kappa shape index (κ2) is 10.0. The molecule has 1 aromatic carbocycles. The van der Waals surface area contributed by atoms with E-state index in [4.69, 9.17) is 14.6 Å². The van der Waals surface area contributed by atoms with Crippen molar-refractivity contribution in [2.45, 2.75) is 30.3 Å². The maximum Gasteiger partial charge on any atom is 0.244 e. The van der Waals surface area contributed by atoms with E-state index in [9.17, 15) is 13.2 Å². The Morgan fingerprint density at radius 1 is 1.38 bits per heavy atom. The van der Waals surface area contributed by atoms with Crippen LogP contribution in [-0.4, -0.2) is 40.2 Å². The molecule has 3 N–H and O–H groups in total. The minimum atomic E-state index is -3.94. The summed E-state index contributed by atoms with van der Waals surface area (Å²) in [6, 6.07) is 8.70. The van der Waals surface area contributed by atoms with Crippen LogP contribution in [0.15, 0.2) is 46.7 Å². The van der Waals surface area contributed by atoms with Crippen LogP contribution in [0.1, 0.15) is 23.3 Å². The molecule has 0 saturated carbocycles. The number of primary sulfonamides is 1. The molecule has 1 atom stereocenters. The summed E-state index contributed by atoms with van der Waals surface area (Å²) in [6.07, 6.45) is 5.53. The van der Waals surface area contributed by atoms with Crippen molar-refractivity contribution in [2.24, 2.45) is 5.14 Å². The quantitative estimate of drug-likeness (QED) is 0.587. The van der Waals surface area contributed by atoms with Crippen molar-refractivity contribution in [3.8, 4) is 5.75 Å². The minimum Gasteiger partial charge on any atom is -0.489 e. The summed E-state index contributed by atoms with van der Waals surface area (Å²) in [5, 5.41) is 10.1. The van der Waals surface area contributed by atoms with Gasteiger partial charge in [0.1, 0.15) is 17.3 Å². The first-order chi connectivity index (χ1) is 13.9. The van der Waals surface area contributed by atoms with Gasteiger partial charge in [-0.1, -0.05) is 12.1 Å². The fourth-order valence-corrected chi connectivity index (χ4v) is 4.28. The number of hydrogen-bond donors (Lipinski definition) is 2. The Bertz CT molecular complexity index is 949. The summed E-state index contributed by atoms with van der Waals surface area (Å²) in [6.45, 7) is 1.35. The molecule has 1 aliphatic heterocycles. The molecule has 156 valence electrons. The van der Waals surface area contributed by atoms with E-state index in [-0.39, 0.29) is 29.3 Å². The molecule has 29 heavy (non-hydrogen) atoms. The van der Waals surface area contributed by atoms with E-state index in [1.54, 1.807) is 29.5 Å². The number of hydrogen-bond acceptors (Lipinski definition) is 6. The van der Waals surface area contributed by atoms with Gasteiger partial charge in [-0.25, -0.2) is 13.6 Å². The van der Waals surface area contributed by atoms with Gasteiger partial charge in [-0.2, -0.15) is 0 Å². The average molecular weight is 437 g/mol. The third-order valence-corrected chi connectivity index (χ3v) is 6.19. The van der Waals surface area contributed by atoms with E-state index in [1.807, 2.05) is 17.5 Å². The Morgan fingerprint density at radius 3 is 2.93 bits per heavy atom. The SMILES string of the molecule is NS(=O)(=O)c1cc(CCNC(=O)C=Cc2cccs2)ccc1OCC1CCCO1. The highest BCUT2D eigenvalue weighted by molar-refractivity contribution is 7.89. The minimum absolute atomic E-state index is 0.0274. The number of ether oxygens (including phenoxy) is 2. The first-order valence-electron chi connectivity index (χ1n) is 9.31. The number of benzene rings is 1. The molecule has 0 aliphatic carbocycles. The number of carbonyl (C=O) groups excluding carboxylic acids is 1. The molecule has 1 aliphatic rings. The molecule has 1 saturated heterocycles. The Kier molecular flexibility index (Phi) is 7.43. The number of nitrogens with one attached hydrogen (secondary N) is 1. The molecule has 0 spiro atoms. The maximum atomic E-state index is 12.0. The molecule has 0 bridgehead atoms. The van der Waals surface area contributed by atoms with Crippen LogP contribution in [0.4, 0.5) is 0 Å². The fourth-order valence-electron chi connectivity index (χ4n) is 2.94. The van der Waals surface area contributed by atoms with Gasteiger partial charge in [0.25, 0.3) is 0 Å². The van der Waals surface area contributed by atoms with Gasteiger partial charge in [-0.05, 0) is 54.5 Å². The zero-order valence-electron chi connectivity index (χ0n) is 15.9. The van der Waals surface area contributed by atoms with Gasteiger partial charge in [0.05, 0.1) is 6.10 Å². The molecule has 2 aromatic rings. The van der Waals surface area contributed by atoms with Gasteiger partial charge in [0.15, 0.2) is 0 Å². The Balaban J connectivity index is 1.57. The summed E-state index contributed by atoms with van der Waals surface area (Å²) in [4.78, 5) is 12.8.